The maximum absolute atomic E-state index is 12.3. The fraction of sp³-hybridized carbons (Fsp3) is 0.0556. The highest BCUT2D eigenvalue weighted by atomic mass is 16.5. The average molecular weight is 277 g/mol. The Morgan fingerprint density at radius 3 is 2.38 bits per heavy atom. The fourth-order valence-corrected chi connectivity index (χ4v) is 2.35. The summed E-state index contributed by atoms with van der Waals surface area (Å²) in [5.41, 5.74) is 1.38. The number of fused-ring (bicyclic) bond motifs is 1. The van der Waals surface area contributed by atoms with Gasteiger partial charge in [0.1, 0.15) is 5.75 Å². The Kier molecular flexibility index (Phi) is 3.56. The van der Waals surface area contributed by atoms with Gasteiger partial charge >= 0.3 is 0 Å². The van der Waals surface area contributed by atoms with Gasteiger partial charge in [-0.25, -0.2) is 0 Å². The van der Waals surface area contributed by atoms with Crippen LogP contribution in [-0.4, -0.2) is 18.1 Å². The first-order chi connectivity index (χ1) is 10.3. The molecule has 104 valence electrons. The maximum atomic E-state index is 12.3. The predicted molar refractivity (Wildman–Crippen MR) is 85.4 cm³/mol. The molecule has 0 radical (unpaired) electrons. The molecule has 0 fully saturated rings. The molecule has 0 saturated carbocycles. The van der Waals surface area contributed by atoms with Gasteiger partial charge in [0, 0.05) is 12.1 Å². The van der Waals surface area contributed by atoms with E-state index in [1.807, 2.05) is 54.6 Å². The number of benzene rings is 3. The first kappa shape index (κ1) is 13.2. The van der Waals surface area contributed by atoms with Crippen LogP contribution in [0.15, 0.2) is 66.7 Å². The molecule has 0 aliphatic rings. The normalized spacial score (nSPS) is 11.6. The van der Waals surface area contributed by atoms with Gasteiger partial charge in [-0.2, -0.15) is 4.74 Å². The highest BCUT2D eigenvalue weighted by Crippen LogP contribution is 2.26. The maximum Gasteiger partial charge on any atom is 0.216 e. The smallest absolute Gasteiger partial charge is 0.216 e. The Morgan fingerprint density at radius 2 is 1.62 bits per heavy atom. The van der Waals surface area contributed by atoms with E-state index in [9.17, 15) is 5.21 Å². The summed E-state index contributed by atoms with van der Waals surface area (Å²) in [7, 11) is 1.61. The van der Waals surface area contributed by atoms with Crippen molar-refractivity contribution in [2.24, 2.45) is 0 Å². The lowest BCUT2D eigenvalue weighted by molar-refractivity contribution is -0.354. The summed E-state index contributed by atoms with van der Waals surface area (Å²) < 4.78 is 6.26. The lowest BCUT2D eigenvalue weighted by Gasteiger charge is -2.09. The molecule has 0 heterocycles. The summed E-state index contributed by atoms with van der Waals surface area (Å²) in [6.07, 6.45) is 1.57. The van der Waals surface area contributed by atoms with Crippen molar-refractivity contribution in [3.63, 3.8) is 0 Å². The van der Waals surface area contributed by atoms with E-state index in [2.05, 4.69) is 0 Å². The zero-order valence-electron chi connectivity index (χ0n) is 11.7. The number of nitrogens with zero attached hydrogens (tertiary/aromatic N) is 1. The molecule has 0 bridgehead atoms. The van der Waals surface area contributed by atoms with Crippen molar-refractivity contribution in [3.05, 3.63) is 77.5 Å². The second kappa shape index (κ2) is 5.67. The summed E-state index contributed by atoms with van der Waals surface area (Å²) in [5, 5.41) is 14.4. The van der Waals surface area contributed by atoms with Crippen LogP contribution in [-0.2, 0) is 0 Å². The molecule has 0 aromatic heterocycles. The second-order valence-corrected chi connectivity index (χ2v) is 4.69. The molecule has 0 atom stereocenters. The van der Waals surface area contributed by atoms with Crippen LogP contribution in [0.25, 0.3) is 10.8 Å². The van der Waals surface area contributed by atoms with Gasteiger partial charge in [0.15, 0.2) is 6.21 Å². The fourth-order valence-electron chi connectivity index (χ4n) is 2.35. The van der Waals surface area contributed by atoms with Gasteiger partial charge in [0.2, 0.25) is 5.69 Å². The molecule has 0 amide bonds. The molecule has 3 rings (SSSR count). The lowest BCUT2D eigenvalue weighted by Crippen LogP contribution is -2.01. The zero-order valence-corrected chi connectivity index (χ0v) is 11.7. The Morgan fingerprint density at radius 1 is 0.905 bits per heavy atom. The van der Waals surface area contributed by atoms with Gasteiger partial charge < -0.3 is 9.94 Å². The van der Waals surface area contributed by atoms with Gasteiger partial charge in [-0.15, -0.1) is 0 Å². The zero-order chi connectivity index (χ0) is 14.7. The molecule has 0 spiro atoms. The number of ether oxygens (including phenoxy) is 1. The summed E-state index contributed by atoms with van der Waals surface area (Å²) >= 11 is 0. The number of para-hydroxylation sites is 1. The van der Waals surface area contributed by atoms with Crippen LogP contribution in [0.5, 0.6) is 5.75 Å². The molecule has 0 unspecified atom stereocenters. The van der Waals surface area contributed by atoms with E-state index in [0.717, 1.165) is 21.1 Å². The van der Waals surface area contributed by atoms with Gasteiger partial charge in [-0.1, -0.05) is 48.5 Å². The van der Waals surface area contributed by atoms with Crippen LogP contribution in [0.2, 0.25) is 0 Å². The molecule has 3 aromatic carbocycles. The third-order valence-corrected chi connectivity index (χ3v) is 3.41. The molecule has 3 aromatic rings. The minimum Gasteiger partial charge on any atom is -0.618 e. The topological polar surface area (TPSA) is 35.3 Å². The molecule has 3 heteroatoms. The molecular weight excluding hydrogens is 262 g/mol. The van der Waals surface area contributed by atoms with Crippen molar-refractivity contribution in [1.29, 1.82) is 0 Å². The number of hydrogen-bond donors (Lipinski definition) is 0. The minimum absolute atomic E-state index is 0.590. The molecule has 0 N–H and O–H groups in total. The third kappa shape index (κ3) is 2.58. The van der Waals surface area contributed by atoms with E-state index in [4.69, 9.17) is 4.74 Å². The van der Waals surface area contributed by atoms with E-state index in [1.54, 1.807) is 25.5 Å². The van der Waals surface area contributed by atoms with Crippen molar-refractivity contribution in [1.82, 2.24) is 0 Å². The van der Waals surface area contributed by atoms with Crippen molar-refractivity contribution in [3.8, 4) is 5.75 Å². The minimum atomic E-state index is 0.590. The van der Waals surface area contributed by atoms with Crippen LogP contribution in [0, 0.1) is 5.21 Å². The first-order valence-electron chi connectivity index (χ1n) is 6.71. The lowest BCUT2D eigenvalue weighted by atomic mass is 10.0. The Balaban J connectivity index is 2.19. The van der Waals surface area contributed by atoms with Gasteiger partial charge in [-0.3, -0.25) is 0 Å². The van der Waals surface area contributed by atoms with Crippen LogP contribution in [0.4, 0.5) is 5.69 Å². The average Bonchev–Trinajstić information content (AvgIpc) is 2.56. The van der Waals surface area contributed by atoms with Gasteiger partial charge in [-0.05, 0) is 16.8 Å². The number of methoxy groups -OCH3 is 1. The van der Waals surface area contributed by atoms with Crippen LogP contribution < -0.4 is 4.74 Å². The van der Waals surface area contributed by atoms with Crippen molar-refractivity contribution < 1.29 is 9.48 Å². The highest BCUT2D eigenvalue weighted by molar-refractivity contribution is 6.01. The van der Waals surface area contributed by atoms with Gasteiger partial charge in [0.05, 0.1) is 12.7 Å². The second-order valence-electron chi connectivity index (χ2n) is 4.69. The van der Waals surface area contributed by atoms with E-state index < -0.39 is 0 Å². The monoisotopic (exact) mass is 277 g/mol. The third-order valence-electron chi connectivity index (χ3n) is 3.41. The summed E-state index contributed by atoms with van der Waals surface area (Å²) in [4.78, 5) is 0. The number of rotatable bonds is 3. The molecule has 0 aliphatic heterocycles. The van der Waals surface area contributed by atoms with Gasteiger partial charge in [0.25, 0.3) is 0 Å². The van der Waals surface area contributed by atoms with Crippen molar-refractivity contribution in [2.45, 2.75) is 0 Å². The first-order valence-corrected chi connectivity index (χ1v) is 6.71. The molecular formula is C18H15NO2. The molecule has 0 saturated heterocycles. The molecule has 3 nitrogen and oxygen atoms in total. The SMILES string of the molecule is COc1ccc2ccccc2c1/C=[N+](/[O-])c1ccccc1. The summed E-state index contributed by atoms with van der Waals surface area (Å²) in [6, 6.07) is 20.9. The standard InChI is InChI=1S/C18H15NO2/c1-21-18-12-11-14-7-5-6-10-16(14)17(18)13-19(20)15-8-3-2-4-9-15/h2-13H,1H3/b19-13+. The predicted octanol–water partition coefficient (Wildman–Crippen LogP) is 4.11. The number of hydrogen-bond acceptors (Lipinski definition) is 2. The van der Waals surface area contributed by atoms with Crippen LogP contribution in [0.1, 0.15) is 5.56 Å². The largest absolute Gasteiger partial charge is 0.618 e. The quantitative estimate of drug-likeness (QED) is 0.312. The summed E-state index contributed by atoms with van der Waals surface area (Å²) in [6.45, 7) is 0. The van der Waals surface area contributed by atoms with E-state index in [1.165, 1.54) is 0 Å². The Hall–Kier alpha value is -2.81. The van der Waals surface area contributed by atoms with E-state index in [-0.39, 0.29) is 0 Å². The van der Waals surface area contributed by atoms with Crippen molar-refractivity contribution >= 4 is 22.7 Å². The van der Waals surface area contributed by atoms with E-state index >= 15 is 0 Å². The Labute approximate surface area is 123 Å². The van der Waals surface area contributed by atoms with Crippen LogP contribution in [0.3, 0.4) is 0 Å². The Bertz CT molecular complexity index is 795. The molecule has 0 aliphatic carbocycles. The van der Waals surface area contributed by atoms with Crippen LogP contribution >= 0.6 is 0 Å². The molecule has 21 heavy (non-hydrogen) atoms. The highest BCUT2D eigenvalue weighted by Gasteiger charge is 2.10. The van der Waals surface area contributed by atoms with E-state index in [0.29, 0.717) is 11.4 Å². The van der Waals surface area contributed by atoms with Crippen molar-refractivity contribution in [2.75, 3.05) is 7.11 Å². The summed E-state index contributed by atoms with van der Waals surface area (Å²) in [5.74, 6) is 0.686.